The van der Waals surface area contributed by atoms with E-state index in [0.717, 1.165) is 6.42 Å². The first-order chi connectivity index (χ1) is 8.71. The molecular formula is C13H21BrF2N2O. The number of nitrogens with two attached hydrogens (primary N) is 1. The van der Waals surface area contributed by atoms with Gasteiger partial charge in [0.25, 0.3) is 6.43 Å². The molecule has 0 aromatic carbocycles. The average molecular weight is 339 g/mol. The number of dihydropyridines is 1. The molecule has 0 aromatic heterocycles. The summed E-state index contributed by atoms with van der Waals surface area (Å²) in [6, 6.07) is 0. The SMILES string of the molecule is CC(C)C[C@](C)(N)COC1NC=C(Br)C=C1C(F)F. The summed E-state index contributed by atoms with van der Waals surface area (Å²) in [6.07, 6.45) is 0.353. The molecule has 2 atom stereocenters. The Balaban J connectivity index is 2.60. The predicted molar refractivity (Wildman–Crippen MR) is 76.0 cm³/mol. The van der Waals surface area contributed by atoms with Gasteiger partial charge in [-0.25, -0.2) is 8.78 Å². The van der Waals surface area contributed by atoms with Crippen LogP contribution in [0.25, 0.3) is 0 Å². The Morgan fingerprint density at radius 2 is 2.16 bits per heavy atom. The van der Waals surface area contributed by atoms with Crippen LogP contribution in [-0.4, -0.2) is 24.8 Å². The summed E-state index contributed by atoms with van der Waals surface area (Å²) in [5.41, 5.74) is 5.48. The quantitative estimate of drug-likeness (QED) is 0.782. The lowest BCUT2D eigenvalue weighted by atomic mass is 9.93. The standard InChI is InChI=1S/C13H21BrF2N2O/c1-8(2)5-13(3,17)7-19-12-10(11(15)16)4-9(14)6-18-12/h4,6,8,11-12,18H,5,7,17H2,1-3H3/t12?,13-/m0/s1. The van der Waals surface area contributed by atoms with Crippen molar-refractivity contribution in [3.05, 3.63) is 22.3 Å². The molecule has 0 bridgehead atoms. The van der Waals surface area contributed by atoms with Gasteiger partial charge in [0.05, 0.1) is 6.61 Å². The van der Waals surface area contributed by atoms with Crippen LogP contribution in [0.2, 0.25) is 0 Å². The van der Waals surface area contributed by atoms with E-state index in [1.54, 1.807) is 6.20 Å². The minimum atomic E-state index is -2.56. The van der Waals surface area contributed by atoms with Gasteiger partial charge in [-0.2, -0.15) is 0 Å². The topological polar surface area (TPSA) is 47.3 Å². The molecule has 6 heteroatoms. The maximum atomic E-state index is 12.9. The maximum Gasteiger partial charge on any atom is 0.264 e. The van der Waals surface area contributed by atoms with Gasteiger partial charge in [-0.3, -0.25) is 0 Å². The van der Waals surface area contributed by atoms with Gasteiger partial charge in [-0.15, -0.1) is 0 Å². The number of hydrogen-bond donors (Lipinski definition) is 2. The fourth-order valence-corrected chi connectivity index (χ4v) is 2.51. The summed E-state index contributed by atoms with van der Waals surface area (Å²) in [7, 11) is 0. The zero-order valence-electron chi connectivity index (χ0n) is 11.4. The highest BCUT2D eigenvalue weighted by Crippen LogP contribution is 2.24. The molecule has 1 unspecified atom stereocenters. The Hall–Kier alpha value is -0.460. The molecule has 0 radical (unpaired) electrons. The smallest absolute Gasteiger partial charge is 0.264 e. The van der Waals surface area contributed by atoms with Gasteiger partial charge in [-0.05, 0) is 41.3 Å². The summed E-state index contributed by atoms with van der Waals surface area (Å²) in [5.74, 6) is 0.428. The van der Waals surface area contributed by atoms with Crippen LogP contribution in [0.3, 0.4) is 0 Å². The molecule has 19 heavy (non-hydrogen) atoms. The van der Waals surface area contributed by atoms with Crippen LogP contribution in [0.5, 0.6) is 0 Å². The van der Waals surface area contributed by atoms with Crippen molar-refractivity contribution in [2.45, 2.75) is 45.4 Å². The van der Waals surface area contributed by atoms with Crippen LogP contribution in [0, 0.1) is 5.92 Å². The van der Waals surface area contributed by atoms with Gasteiger partial charge < -0.3 is 15.8 Å². The molecule has 3 nitrogen and oxygen atoms in total. The van der Waals surface area contributed by atoms with E-state index in [1.165, 1.54) is 6.08 Å². The normalized spacial score (nSPS) is 22.9. The van der Waals surface area contributed by atoms with E-state index in [4.69, 9.17) is 10.5 Å². The number of hydrogen-bond acceptors (Lipinski definition) is 3. The third kappa shape index (κ3) is 5.58. The molecule has 0 saturated heterocycles. The van der Waals surface area contributed by atoms with Crippen LogP contribution >= 0.6 is 15.9 Å². The molecule has 0 amide bonds. The van der Waals surface area contributed by atoms with E-state index in [1.807, 2.05) is 6.92 Å². The van der Waals surface area contributed by atoms with E-state index < -0.39 is 18.2 Å². The van der Waals surface area contributed by atoms with Gasteiger partial charge in [0.2, 0.25) is 0 Å². The Labute approximate surface area is 121 Å². The van der Waals surface area contributed by atoms with Crippen molar-refractivity contribution in [3.8, 4) is 0 Å². The fourth-order valence-electron chi connectivity index (χ4n) is 2.12. The van der Waals surface area contributed by atoms with E-state index in [2.05, 4.69) is 35.1 Å². The van der Waals surface area contributed by atoms with Crippen LogP contribution in [-0.2, 0) is 4.74 Å². The maximum absolute atomic E-state index is 12.9. The number of allylic oxidation sites excluding steroid dienone is 2. The molecule has 1 aliphatic rings. The number of ether oxygens (including phenoxy) is 1. The van der Waals surface area contributed by atoms with Crippen molar-refractivity contribution in [3.63, 3.8) is 0 Å². The molecule has 1 heterocycles. The lowest BCUT2D eigenvalue weighted by Gasteiger charge is -2.31. The summed E-state index contributed by atoms with van der Waals surface area (Å²) in [4.78, 5) is 0. The van der Waals surface area contributed by atoms with Crippen LogP contribution < -0.4 is 11.1 Å². The van der Waals surface area contributed by atoms with Crippen molar-refractivity contribution in [1.29, 1.82) is 0 Å². The summed E-state index contributed by atoms with van der Waals surface area (Å²) < 4.78 is 31.9. The highest BCUT2D eigenvalue weighted by atomic mass is 79.9. The van der Waals surface area contributed by atoms with Crippen molar-refractivity contribution in [1.82, 2.24) is 5.32 Å². The first-order valence-corrected chi connectivity index (χ1v) is 7.02. The zero-order valence-corrected chi connectivity index (χ0v) is 13.0. The Bertz CT molecular complexity index is 368. The second-order valence-corrected chi connectivity index (χ2v) is 6.50. The Morgan fingerprint density at radius 3 is 2.68 bits per heavy atom. The van der Waals surface area contributed by atoms with Gasteiger partial charge in [-0.1, -0.05) is 13.8 Å². The molecule has 1 aliphatic heterocycles. The largest absolute Gasteiger partial charge is 0.362 e. The lowest BCUT2D eigenvalue weighted by Crippen LogP contribution is -2.46. The molecule has 0 fully saturated rings. The summed E-state index contributed by atoms with van der Waals surface area (Å²) in [6.45, 7) is 6.22. The van der Waals surface area contributed by atoms with E-state index in [-0.39, 0.29) is 12.2 Å². The first kappa shape index (κ1) is 16.6. The highest BCUT2D eigenvalue weighted by Gasteiger charge is 2.28. The minimum Gasteiger partial charge on any atom is -0.362 e. The molecule has 0 saturated carbocycles. The molecule has 1 rings (SSSR count). The van der Waals surface area contributed by atoms with Crippen molar-refractivity contribution in [2.75, 3.05) is 6.61 Å². The molecule has 0 aliphatic carbocycles. The molecular weight excluding hydrogens is 318 g/mol. The Morgan fingerprint density at radius 1 is 1.53 bits per heavy atom. The molecule has 110 valence electrons. The average Bonchev–Trinajstić information content (AvgIpc) is 2.25. The third-order valence-electron chi connectivity index (χ3n) is 2.69. The van der Waals surface area contributed by atoms with Gasteiger partial charge in [0.1, 0.15) is 0 Å². The summed E-state index contributed by atoms with van der Waals surface area (Å²) in [5, 5.41) is 2.79. The minimum absolute atomic E-state index is 0.0882. The van der Waals surface area contributed by atoms with Crippen molar-refractivity contribution >= 4 is 15.9 Å². The van der Waals surface area contributed by atoms with Gasteiger partial charge in [0.15, 0.2) is 6.23 Å². The van der Waals surface area contributed by atoms with Gasteiger partial charge in [0, 0.05) is 21.8 Å². The van der Waals surface area contributed by atoms with Crippen molar-refractivity contribution < 1.29 is 13.5 Å². The third-order valence-corrected chi connectivity index (χ3v) is 3.14. The second-order valence-electron chi connectivity index (χ2n) is 5.58. The van der Waals surface area contributed by atoms with E-state index in [0.29, 0.717) is 10.4 Å². The van der Waals surface area contributed by atoms with Crippen LogP contribution in [0.4, 0.5) is 8.78 Å². The first-order valence-electron chi connectivity index (χ1n) is 6.23. The Kier molecular flexibility index (Phi) is 5.95. The van der Waals surface area contributed by atoms with E-state index in [9.17, 15) is 8.78 Å². The highest BCUT2D eigenvalue weighted by molar-refractivity contribution is 9.11. The van der Waals surface area contributed by atoms with Crippen LogP contribution in [0.1, 0.15) is 27.2 Å². The number of halogens is 3. The second kappa shape index (κ2) is 6.81. The number of rotatable bonds is 6. The number of nitrogens with one attached hydrogen (secondary N) is 1. The molecule has 0 spiro atoms. The summed E-state index contributed by atoms with van der Waals surface area (Å²) >= 11 is 3.16. The fraction of sp³-hybridized carbons (Fsp3) is 0.692. The number of alkyl halides is 2. The van der Waals surface area contributed by atoms with Gasteiger partial charge >= 0.3 is 0 Å². The zero-order chi connectivity index (χ0) is 14.6. The lowest BCUT2D eigenvalue weighted by molar-refractivity contribution is 0.00948. The predicted octanol–water partition coefficient (Wildman–Crippen LogP) is 3.12. The monoisotopic (exact) mass is 338 g/mol. The molecule has 0 aromatic rings. The van der Waals surface area contributed by atoms with Crippen molar-refractivity contribution in [2.24, 2.45) is 11.7 Å². The van der Waals surface area contributed by atoms with E-state index >= 15 is 0 Å². The molecule has 3 N–H and O–H groups in total. The van der Waals surface area contributed by atoms with Crippen LogP contribution in [0.15, 0.2) is 22.3 Å².